The van der Waals surface area contributed by atoms with Gasteiger partial charge in [-0.1, -0.05) is 27.7 Å². The fourth-order valence-corrected chi connectivity index (χ4v) is 4.31. The van der Waals surface area contributed by atoms with Crippen LogP contribution in [0, 0.1) is 34.5 Å². The van der Waals surface area contributed by atoms with Gasteiger partial charge in [-0.15, -0.1) is 0 Å². The van der Waals surface area contributed by atoms with Crippen LogP contribution in [-0.4, -0.2) is 0 Å². The van der Waals surface area contributed by atoms with E-state index in [9.17, 15) is 0 Å². The normalized spacial score (nSPS) is 44.6. The molecule has 5 aliphatic rings. The summed E-state index contributed by atoms with van der Waals surface area (Å²) < 4.78 is 0. The van der Waals surface area contributed by atoms with Gasteiger partial charge in [-0.25, -0.2) is 0 Å². The molecule has 5 aliphatic carbocycles. The van der Waals surface area contributed by atoms with Crippen LogP contribution in [-0.2, 0) is 0 Å². The van der Waals surface area contributed by atoms with E-state index in [4.69, 9.17) is 0 Å². The number of hydrogen-bond donors (Lipinski definition) is 0. The molecule has 2 bridgehead atoms. The predicted octanol–water partition coefficient (Wildman–Crippen LogP) is 4.89. The quantitative estimate of drug-likeness (QED) is 0.622. The van der Waals surface area contributed by atoms with Crippen molar-refractivity contribution in [1.29, 1.82) is 0 Å². The van der Waals surface area contributed by atoms with E-state index in [0.717, 1.165) is 34.5 Å². The first kappa shape index (κ1) is 11.1. The fraction of sp³-hybridized carbons (Fsp3) is 1.00. The second kappa shape index (κ2) is 3.27. The molecule has 0 radical (unpaired) electrons. The summed E-state index contributed by atoms with van der Waals surface area (Å²) in [5, 5.41) is 0. The first-order chi connectivity index (χ1) is 7.47. The lowest BCUT2D eigenvalue weighted by Gasteiger charge is -2.64. The zero-order valence-electron chi connectivity index (χ0n) is 11.6. The van der Waals surface area contributed by atoms with Gasteiger partial charge in [0.2, 0.25) is 0 Å². The minimum Gasteiger partial charge on any atom is -0.0625 e. The van der Waals surface area contributed by atoms with Gasteiger partial charge in [0.25, 0.3) is 0 Å². The second-order valence-corrected chi connectivity index (χ2v) is 7.91. The number of hydrogen-bond acceptors (Lipinski definition) is 0. The molecule has 0 aromatic carbocycles. The third-order valence-electron chi connectivity index (χ3n) is 6.26. The van der Waals surface area contributed by atoms with Crippen molar-refractivity contribution in [1.82, 2.24) is 0 Å². The first-order valence-corrected chi connectivity index (χ1v) is 7.47. The monoisotopic (exact) mass is 220 g/mol. The molecule has 0 nitrogen and oxygen atoms in total. The maximum absolute atomic E-state index is 2.37. The first-order valence-electron chi connectivity index (χ1n) is 7.47. The molecule has 0 heteroatoms. The van der Waals surface area contributed by atoms with Gasteiger partial charge in [0.05, 0.1) is 0 Å². The molecule has 5 fully saturated rings. The van der Waals surface area contributed by atoms with Gasteiger partial charge in [-0.05, 0) is 73.0 Å². The Labute approximate surface area is 101 Å². The predicted molar refractivity (Wildman–Crippen MR) is 69.2 cm³/mol. The summed E-state index contributed by atoms with van der Waals surface area (Å²) in [5.74, 6) is 4.23. The Morgan fingerprint density at radius 2 is 1.44 bits per heavy atom. The Kier molecular flexibility index (Phi) is 2.27. The molecule has 0 aliphatic heterocycles. The van der Waals surface area contributed by atoms with Crippen LogP contribution >= 0.6 is 0 Å². The van der Waals surface area contributed by atoms with Crippen LogP contribution in [0.25, 0.3) is 0 Å². The standard InChI is InChI=1S/2C8H14/c1-6(2)8-3-7(4-8)5-8;1-6(2)7-5-8(7)3-4-8/h2*6-7H,3-5H2,1-2H3. The van der Waals surface area contributed by atoms with Crippen LogP contribution in [0.4, 0.5) is 0 Å². The van der Waals surface area contributed by atoms with Crippen molar-refractivity contribution in [3.05, 3.63) is 0 Å². The Bertz CT molecular complexity index is 265. The number of rotatable bonds is 2. The lowest BCUT2D eigenvalue weighted by molar-refractivity contribution is -0.141. The van der Waals surface area contributed by atoms with Crippen molar-refractivity contribution >= 4 is 0 Å². The SMILES string of the molecule is CC(C)C12CC(C1)C2.CC(C)C1CC12CC2. The van der Waals surface area contributed by atoms with Crippen LogP contribution in [0.3, 0.4) is 0 Å². The highest BCUT2D eigenvalue weighted by atomic mass is 14.7. The summed E-state index contributed by atoms with van der Waals surface area (Å²) in [5.41, 5.74) is 1.80. The third kappa shape index (κ3) is 1.56. The van der Waals surface area contributed by atoms with Gasteiger partial charge in [0.1, 0.15) is 0 Å². The maximum atomic E-state index is 2.37. The minimum atomic E-state index is 0.866. The summed E-state index contributed by atoms with van der Waals surface area (Å²) in [7, 11) is 0. The highest BCUT2D eigenvalue weighted by Gasteiger charge is 2.63. The molecule has 0 aromatic rings. The van der Waals surface area contributed by atoms with E-state index in [-0.39, 0.29) is 0 Å². The van der Waals surface area contributed by atoms with Gasteiger partial charge in [0.15, 0.2) is 0 Å². The summed E-state index contributed by atoms with van der Waals surface area (Å²) in [6.45, 7) is 9.46. The highest BCUT2D eigenvalue weighted by Crippen LogP contribution is 2.72. The maximum Gasteiger partial charge on any atom is -0.0263 e. The second-order valence-electron chi connectivity index (χ2n) is 7.91. The zero-order chi connectivity index (χ0) is 11.6. The molecule has 5 rings (SSSR count). The Balaban J connectivity index is 0.000000101. The Hall–Kier alpha value is 0. The van der Waals surface area contributed by atoms with Gasteiger partial charge < -0.3 is 0 Å². The fourth-order valence-electron chi connectivity index (χ4n) is 4.31. The molecule has 0 saturated heterocycles. The van der Waals surface area contributed by atoms with E-state index < -0.39 is 0 Å². The van der Waals surface area contributed by atoms with Crippen molar-refractivity contribution in [3.63, 3.8) is 0 Å². The molecule has 92 valence electrons. The molecule has 1 unspecified atom stereocenters. The van der Waals surface area contributed by atoms with E-state index in [1.54, 1.807) is 38.5 Å². The topological polar surface area (TPSA) is 0 Å². The van der Waals surface area contributed by atoms with E-state index in [1.807, 2.05) is 0 Å². The molecule has 1 spiro atoms. The van der Waals surface area contributed by atoms with Gasteiger partial charge in [-0.2, -0.15) is 0 Å². The van der Waals surface area contributed by atoms with Crippen molar-refractivity contribution < 1.29 is 0 Å². The van der Waals surface area contributed by atoms with Crippen molar-refractivity contribution in [2.24, 2.45) is 34.5 Å². The van der Waals surface area contributed by atoms with Crippen molar-refractivity contribution in [3.8, 4) is 0 Å². The largest absolute Gasteiger partial charge is 0.0625 e. The average Bonchev–Trinajstić information content (AvgIpc) is 2.85. The van der Waals surface area contributed by atoms with Gasteiger partial charge >= 0.3 is 0 Å². The molecule has 16 heavy (non-hydrogen) atoms. The average molecular weight is 220 g/mol. The summed E-state index contributed by atoms with van der Waals surface area (Å²) in [6, 6.07) is 0. The van der Waals surface area contributed by atoms with E-state index >= 15 is 0 Å². The highest BCUT2D eigenvalue weighted by molar-refractivity contribution is 5.12. The molecule has 0 N–H and O–H groups in total. The Morgan fingerprint density at radius 3 is 1.50 bits per heavy atom. The summed E-state index contributed by atoms with van der Waals surface area (Å²) in [6.07, 6.45) is 9.34. The van der Waals surface area contributed by atoms with E-state index in [2.05, 4.69) is 27.7 Å². The smallest absolute Gasteiger partial charge is 0.0263 e. The lowest BCUT2D eigenvalue weighted by Crippen LogP contribution is -2.54. The zero-order valence-corrected chi connectivity index (χ0v) is 11.6. The van der Waals surface area contributed by atoms with Crippen LogP contribution < -0.4 is 0 Å². The molecular weight excluding hydrogens is 192 g/mol. The molecule has 0 heterocycles. The molecule has 0 amide bonds. The Morgan fingerprint density at radius 1 is 0.875 bits per heavy atom. The molecule has 0 aromatic heterocycles. The van der Waals surface area contributed by atoms with Crippen LogP contribution in [0.1, 0.15) is 66.2 Å². The van der Waals surface area contributed by atoms with Crippen LogP contribution in [0.15, 0.2) is 0 Å². The molecular formula is C16H28. The summed E-state index contributed by atoms with van der Waals surface area (Å²) >= 11 is 0. The van der Waals surface area contributed by atoms with Gasteiger partial charge in [0, 0.05) is 0 Å². The van der Waals surface area contributed by atoms with Crippen molar-refractivity contribution in [2.75, 3.05) is 0 Å². The summed E-state index contributed by atoms with van der Waals surface area (Å²) in [4.78, 5) is 0. The molecule has 1 atom stereocenters. The molecule has 5 saturated carbocycles. The van der Waals surface area contributed by atoms with E-state index in [1.165, 1.54) is 0 Å². The van der Waals surface area contributed by atoms with Crippen LogP contribution in [0.5, 0.6) is 0 Å². The van der Waals surface area contributed by atoms with Crippen molar-refractivity contribution in [2.45, 2.75) is 66.2 Å². The van der Waals surface area contributed by atoms with Gasteiger partial charge in [-0.3, -0.25) is 0 Å². The third-order valence-corrected chi connectivity index (χ3v) is 6.26. The minimum absolute atomic E-state index is 0.866. The van der Waals surface area contributed by atoms with Crippen LogP contribution in [0.2, 0.25) is 0 Å². The van der Waals surface area contributed by atoms with E-state index in [0.29, 0.717) is 0 Å². The lowest BCUT2D eigenvalue weighted by atomic mass is 9.41.